The highest BCUT2D eigenvalue weighted by atomic mass is 32.2. The number of carbonyl (C=O) groups is 1. The van der Waals surface area contributed by atoms with Crippen molar-refractivity contribution in [2.24, 2.45) is 0 Å². The van der Waals surface area contributed by atoms with Gasteiger partial charge in [-0.05, 0) is 43.7 Å². The lowest BCUT2D eigenvalue weighted by atomic mass is 10.0. The van der Waals surface area contributed by atoms with Crippen LogP contribution >= 0.6 is 11.3 Å². The maximum atomic E-state index is 12.5. The second-order valence-electron chi connectivity index (χ2n) is 6.48. The first-order valence-electron chi connectivity index (χ1n) is 8.85. The molecule has 29 heavy (non-hydrogen) atoms. The van der Waals surface area contributed by atoms with Crippen LogP contribution in [-0.2, 0) is 10.0 Å². The standard InChI is InChI=1S/C21H21N3O3S2/c1-4-11-22-29(26,27)17-8-6-16(7-9-17)20(25)24-21-23-19(13-28-21)18-10-5-14(2)12-15(18)3/h4-10,12-13,22H,1,11H2,2-3H3,(H,23,24,25). The molecule has 0 unspecified atom stereocenters. The highest BCUT2D eigenvalue weighted by molar-refractivity contribution is 7.89. The van der Waals surface area contributed by atoms with Crippen molar-refractivity contribution in [1.29, 1.82) is 0 Å². The minimum atomic E-state index is -3.62. The quantitative estimate of drug-likeness (QED) is 0.555. The molecule has 150 valence electrons. The molecule has 3 aromatic rings. The van der Waals surface area contributed by atoms with Crippen LogP contribution < -0.4 is 10.0 Å². The number of aryl methyl sites for hydroxylation is 2. The van der Waals surface area contributed by atoms with Crippen molar-refractivity contribution in [3.05, 3.63) is 77.2 Å². The molecule has 1 aromatic heterocycles. The Morgan fingerprint density at radius 2 is 1.90 bits per heavy atom. The summed E-state index contributed by atoms with van der Waals surface area (Å²) in [7, 11) is -3.62. The largest absolute Gasteiger partial charge is 0.298 e. The van der Waals surface area contributed by atoms with Gasteiger partial charge in [-0.3, -0.25) is 10.1 Å². The van der Waals surface area contributed by atoms with Gasteiger partial charge >= 0.3 is 0 Å². The Balaban J connectivity index is 1.72. The van der Waals surface area contributed by atoms with E-state index in [1.54, 1.807) is 0 Å². The Kier molecular flexibility index (Phi) is 6.26. The van der Waals surface area contributed by atoms with Gasteiger partial charge in [-0.25, -0.2) is 18.1 Å². The Labute approximate surface area is 174 Å². The van der Waals surface area contributed by atoms with Gasteiger partial charge in [-0.15, -0.1) is 17.9 Å². The number of nitrogens with zero attached hydrogens (tertiary/aromatic N) is 1. The SMILES string of the molecule is C=CCNS(=O)(=O)c1ccc(C(=O)Nc2nc(-c3ccc(C)cc3C)cs2)cc1. The van der Waals surface area contributed by atoms with Crippen LogP contribution in [0.15, 0.2) is 65.4 Å². The lowest BCUT2D eigenvalue weighted by Crippen LogP contribution is -2.23. The zero-order valence-electron chi connectivity index (χ0n) is 16.1. The Morgan fingerprint density at radius 1 is 1.17 bits per heavy atom. The monoisotopic (exact) mass is 427 g/mol. The molecule has 0 atom stereocenters. The third-order valence-corrected chi connectivity index (χ3v) is 6.42. The van der Waals surface area contributed by atoms with Gasteiger partial charge in [0.15, 0.2) is 5.13 Å². The average Bonchev–Trinajstić information content (AvgIpc) is 3.14. The van der Waals surface area contributed by atoms with Gasteiger partial charge in [0.1, 0.15) is 0 Å². The molecule has 0 bridgehead atoms. The van der Waals surface area contributed by atoms with Gasteiger partial charge < -0.3 is 0 Å². The fraction of sp³-hybridized carbons (Fsp3) is 0.143. The first-order chi connectivity index (χ1) is 13.8. The van der Waals surface area contributed by atoms with Crippen LogP contribution in [0, 0.1) is 13.8 Å². The van der Waals surface area contributed by atoms with Crippen molar-refractivity contribution in [2.45, 2.75) is 18.7 Å². The van der Waals surface area contributed by atoms with E-state index in [-0.39, 0.29) is 17.3 Å². The van der Waals surface area contributed by atoms with E-state index in [4.69, 9.17) is 0 Å². The van der Waals surface area contributed by atoms with Gasteiger partial charge in [-0.2, -0.15) is 0 Å². The lowest BCUT2D eigenvalue weighted by Gasteiger charge is -2.06. The molecule has 0 aliphatic carbocycles. The third-order valence-electron chi connectivity index (χ3n) is 4.23. The summed E-state index contributed by atoms with van der Waals surface area (Å²) in [4.78, 5) is 17.1. The normalized spacial score (nSPS) is 11.2. The maximum absolute atomic E-state index is 12.5. The topological polar surface area (TPSA) is 88.2 Å². The summed E-state index contributed by atoms with van der Waals surface area (Å²) in [5.41, 5.74) is 4.47. The summed E-state index contributed by atoms with van der Waals surface area (Å²) in [6.07, 6.45) is 1.46. The summed E-state index contributed by atoms with van der Waals surface area (Å²) < 4.78 is 26.5. The van der Waals surface area contributed by atoms with Crippen molar-refractivity contribution in [3.63, 3.8) is 0 Å². The Bertz CT molecular complexity index is 1150. The average molecular weight is 428 g/mol. The van der Waals surface area contributed by atoms with E-state index in [1.807, 2.05) is 31.4 Å². The number of hydrogen-bond donors (Lipinski definition) is 2. The van der Waals surface area contributed by atoms with Crippen molar-refractivity contribution >= 4 is 32.4 Å². The summed E-state index contributed by atoms with van der Waals surface area (Å²) in [5, 5.41) is 5.14. The molecule has 0 saturated carbocycles. The zero-order valence-corrected chi connectivity index (χ0v) is 17.7. The summed E-state index contributed by atoms with van der Waals surface area (Å²) in [6, 6.07) is 11.9. The van der Waals surface area contributed by atoms with Crippen molar-refractivity contribution in [2.75, 3.05) is 11.9 Å². The highest BCUT2D eigenvalue weighted by Crippen LogP contribution is 2.28. The van der Waals surface area contributed by atoms with Crippen LogP contribution in [0.5, 0.6) is 0 Å². The van der Waals surface area contributed by atoms with Crippen molar-refractivity contribution in [1.82, 2.24) is 9.71 Å². The third kappa shape index (κ3) is 4.97. The van der Waals surface area contributed by atoms with E-state index in [0.717, 1.165) is 16.8 Å². The van der Waals surface area contributed by atoms with Gasteiger partial charge in [0.05, 0.1) is 10.6 Å². The summed E-state index contributed by atoms with van der Waals surface area (Å²) in [5.74, 6) is -0.352. The number of benzene rings is 2. The molecule has 0 aliphatic heterocycles. The fourth-order valence-corrected chi connectivity index (χ4v) is 4.47. The molecule has 3 rings (SSSR count). The van der Waals surface area contributed by atoms with E-state index < -0.39 is 10.0 Å². The van der Waals surface area contributed by atoms with Gasteiger partial charge in [0, 0.05) is 23.1 Å². The van der Waals surface area contributed by atoms with Gasteiger partial charge in [-0.1, -0.05) is 29.8 Å². The number of amides is 1. The number of rotatable bonds is 7. The highest BCUT2D eigenvalue weighted by Gasteiger charge is 2.15. The maximum Gasteiger partial charge on any atom is 0.257 e. The Hall–Kier alpha value is -2.81. The van der Waals surface area contributed by atoms with Crippen LogP contribution in [0.4, 0.5) is 5.13 Å². The van der Waals surface area contributed by atoms with Gasteiger partial charge in [0.25, 0.3) is 5.91 Å². The molecule has 2 N–H and O–H groups in total. The molecule has 0 saturated heterocycles. The number of anilines is 1. The minimum absolute atomic E-state index is 0.0854. The van der Waals surface area contributed by atoms with E-state index in [2.05, 4.69) is 27.7 Å². The molecule has 0 spiro atoms. The molecule has 1 heterocycles. The number of nitrogens with one attached hydrogen (secondary N) is 2. The summed E-state index contributed by atoms with van der Waals surface area (Å²) in [6.45, 7) is 7.68. The Morgan fingerprint density at radius 3 is 2.55 bits per heavy atom. The number of aromatic nitrogens is 1. The molecule has 0 radical (unpaired) electrons. The number of sulfonamides is 1. The van der Waals surface area contributed by atoms with Crippen molar-refractivity contribution in [3.8, 4) is 11.3 Å². The lowest BCUT2D eigenvalue weighted by molar-refractivity contribution is 0.102. The fourth-order valence-electron chi connectivity index (χ4n) is 2.76. The molecular formula is C21H21N3O3S2. The second kappa shape index (κ2) is 8.69. The minimum Gasteiger partial charge on any atom is -0.298 e. The summed E-state index contributed by atoms with van der Waals surface area (Å²) >= 11 is 1.34. The molecular weight excluding hydrogens is 406 g/mol. The molecule has 6 nitrogen and oxygen atoms in total. The number of carbonyl (C=O) groups excluding carboxylic acids is 1. The van der Waals surface area contributed by atoms with Crippen LogP contribution in [0.25, 0.3) is 11.3 Å². The predicted octanol–water partition coefficient (Wildman–Crippen LogP) is 4.14. The van der Waals surface area contributed by atoms with Crippen LogP contribution in [-0.4, -0.2) is 25.9 Å². The first kappa shape index (κ1) is 20.9. The molecule has 8 heteroatoms. The van der Waals surface area contributed by atoms with E-state index in [9.17, 15) is 13.2 Å². The van der Waals surface area contributed by atoms with Crippen LogP contribution in [0.2, 0.25) is 0 Å². The molecule has 0 fully saturated rings. The molecule has 1 amide bonds. The molecule has 2 aromatic carbocycles. The first-order valence-corrected chi connectivity index (χ1v) is 11.2. The van der Waals surface area contributed by atoms with E-state index in [0.29, 0.717) is 10.7 Å². The van der Waals surface area contributed by atoms with Gasteiger partial charge in [0.2, 0.25) is 10.0 Å². The predicted molar refractivity (Wildman–Crippen MR) is 117 cm³/mol. The number of hydrogen-bond acceptors (Lipinski definition) is 5. The number of thiazole rings is 1. The van der Waals surface area contributed by atoms with Crippen LogP contribution in [0.1, 0.15) is 21.5 Å². The second-order valence-corrected chi connectivity index (χ2v) is 9.10. The van der Waals surface area contributed by atoms with E-state index in [1.165, 1.54) is 47.2 Å². The van der Waals surface area contributed by atoms with Crippen molar-refractivity contribution < 1.29 is 13.2 Å². The molecule has 0 aliphatic rings. The zero-order chi connectivity index (χ0) is 21.0. The smallest absolute Gasteiger partial charge is 0.257 e. The van der Waals surface area contributed by atoms with Crippen LogP contribution in [0.3, 0.4) is 0 Å². The van der Waals surface area contributed by atoms with E-state index >= 15 is 0 Å².